The minimum absolute atomic E-state index is 0.0440. The fourth-order valence-electron chi connectivity index (χ4n) is 1.42. The molecule has 1 heterocycles. The van der Waals surface area contributed by atoms with Gasteiger partial charge in [0.15, 0.2) is 0 Å². The fraction of sp³-hybridized carbons (Fsp3) is 0.417. The second-order valence-electron chi connectivity index (χ2n) is 3.95. The number of hydrogen-bond acceptors (Lipinski definition) is 4. The molecule has 4 nitrogen and oxygen atoms in total. The number of anilines is 2. The number of carbonyl (C=O) groups excluding carboxylic acids is 1. The minimum Gasteiger partial charge on any atom is -0.399 e. The lowest BCUT2D eigenvalue weighted by Gasteiger charge is -2.24. The van der Waals surface area contributed by atoms with Crippen molar-refractivity contribution in [1.29, 1.82) is 0 Å². The summed E-state index contributed by atoms with van der Waals surface area (Å²) in [5, 5.41) is 3.42. The molecule has 5 heteroatoms. The fourth-order valence-corrected chi connectivity index (χ4v) is 2.44. The first-order valence-corrected chi connectivity index (χ1v) is 6.63. The average molecular weight is 252 g/mol. The average Bonchev–Trinajstić information content (AvgIpc) is 2.25. The van der Waals surface area contributed by atoms with Gasteiger partial charge in [-0.2, -0.15) is 11.8 Å². The molecule has 0 unspecified atom stereocenters. The third-order valence-electron chi connectivity index (χ3n) is 2.48. The standard InChI is InChI=1S/C12H16N2O2S/c13-9-1-3-10(4-2-9)14-12(15)5-6-17-11-7-16-8-11/h1-4,11H,5-8,13H2,(H,14,15). The van der Waals surface area contributed by atoms with Crippen LogP contribution in [0, 0.1) is 0 Å². The Labute approximate surface area is 105 Å². The topological polar surface area (TPSA) is 64.3 Å². The highest BCUT2D eigenvalue weighted by atomic mass is 32.2. The highest BCUT2D eigenvalue weighted by Crippen LogP contribution is 2.19. The first kappa shape index (κ1) is 12.3. The number of ether oxygens (including phenoxy) is 1. The molecule has 0 bridgehead atoms. The zero-order valence-corrected chi connectivity index (χ0v) is 10.3. The number of carbonyl (C=O) groups is 1. The molecule has 1 aliphatic heterocycles. The Balaban J connectivity index is 1.67. The predicted molar refractivity (Wildman–Crippen MR) is 71.2 cm³/mol. The summed E-state index contributed by atoms with van der Waals surface area (Å²) in [7, 11) is 0. The zero-order valence-electron chi connectivity index (χ0n) is 9.52. The molecule has 0 atom stereocenters. The van der Waals surface area contributed by atoms with Gasteiger partial charge in [-0.05, 0) is 24.3 Å². The van der Waals surface area contributed by atoms with E-state index in [0.717, 1.165) is 24.7 Å². The molecule has 1 saturated heterocycles. The summed E-state index contributed by atoms with van der Waals surface area (Å²) in [6.45, 7) is 1.65. The van der Waals surface area contributed by atoms with E-state index in [1.807, 2.05) is 0 Å². The summed E-state index contributed by atoms with van der Waals surface area (Å²) >= 11 is 1.80. The van der Waals surface area contributed by atoms with Gasteiger partial charge in [0.05, 0.1) is 18.5 Å². The second kappa shape index (κ2) is 5.93. The van der Waals surface area contributed by atoms with Gasteiger partial charge in [-0.25, -0.2) is 0 Å². The van der Waals surface area contributed by atoms with Gasteiger partial charge in [0.1, 0.15) is 0 Å². The SMILES string of the molecule is Nc1ccc(NC(=O)CCSC2COC2)cc1. The van der Waals surface area contributed by atoms with Crippen LogP contribution in [0.15, 0.2) is 24.3 Å². The van der Waals surface area contributed by atoms with E-state index >= 15 is 0 Å². The van der Waals surface area contributed by atoms with E-state index in [0.29, 0.717) is 17.4 Å². The summed E-state index contributed by atoms with van der Waals surface area (Å²) < 4.78 is 5.07. The van der Waals surface area contributed by atoms with Crippen LogP contribution in [0.3, 0.4) is 0 Å². The molecule has 0 saturated carbocycles. The van der Waals surface area contributed by atoms with Crippen molar-refractivity contribution in [3.63, 3.8) is 0 Å². The van der Waals surface area contributed by atoms with Crippen LogP contribution in [0.1, 0.15) is 6.42 Å². The van der Waals surface area contributed by atoms with Gasteiger partial charge in [-0.3, -0.25) is 4.79 Å². The predicted octanol–water partition coefficient (Wildman–Crippen LogP) is 1.73. The van der Waals surface area contributed by atoms with Gasteiger partial charge in [-0.15, -0.1) is 0 Å². The lowest BCUT2D eigenvalue weighted by molar-refractivity contribution is -0.115. The Hall–Kier alpha value is -1.20. The highest BCUT2D eigenvalue weighted by molar-refractivity contribution is 8.00. The molecule has 0 aromatic heterocycles. The van der Waals surface area contributed by atoms with E-state index < -0.39 is 0 Å². The largest absolute Gasteiger partial charge is 0.399 e. The van der Waals surface area contributed by atoms with Crippen molar-refractivity contribution >= 4 is 29.0 Å². The Morgan fingerprint density at radius 2 is 2.12 bits per heavy atom. The number of benzene rings is 1. The molecule has 0 aliphatic carbocycles. The lowest BCUT2D eigenvalue weighted by atomic mass is 10.3. The number of nitrogen functional groups attached to an aromatic ring is 1. The second-order valence-corrected chi connectivity index (χ2v) is 5.36. The minimum atomic E-state index is 0.0440. The molecule has 92 valence electrons. The molecule has 1 aliphatic rings. The van der Waals surface area contributed by atoms with E-state index in [4.69, 9.17) is 10.5 Å². The first-order chi connectivity index (χ1) is 8.24. The highest BCUT2D eigenvalue weighted by Gasteiger charge is 2.18. The number of hydrogen-bond donors (Lipinski definition) is 2. The molecular weight excluding hydrogens is 236 g/mol. The van der Waals surface area contributed by atoms with E-state index in [9.17, 15) is 4.79 Å². The van der Waals surface area contributed by atoms with Crippen LogP contribution in [-0.4, -0.2) is 30.1 Å². The third kappa shape index (κ3) is 3.94. The summed E-state index contributed by atoms with van der Waals surface area (Å²) in [4.78, 5) is 11.6. The Bertz CT molecular complexity index is 377. The summed E-state index contributed by atoms with van der Waals surface area (Å²) in [5.74, 6) is 0.886. The third-order valence-corrected chi connectivity index (χ3v) is 3.67. The van der Waals surface area contributed by atoms with Gasteiger partial charge < -0.3 is 15.8 Å². The molecule has 1 aromatic carbocycles. The van der Waals surface area contributed by atoms with Crippen molar-refractivity contribution < 1.29 is 9.53 Å². The zero-order chi connectivity index (χ0) is 12.1. The van der Waals surface area contributed by atoms with Crippen molar-refractivity contribution in [2.24, 2.45) is 0 Å². The first-order valence-electron chi connectivity index (χ1n) is 5.59. The maximum atomic E-state index is 11.6. The Morgan fingerprint density at radius 1 is 1.41 bits per heavy atom. The molecule has 1 aromatic rings. The van der Waals surface area contributed by atoms with Crippen molar-refractivity contribution in [2.75, 3.05) is 30.0 Å². The number of nitrogens with two attached hydrogens (primary N) is 1. The Morgan fingerprint density at radius 3 is 2.71 bits per heavy atom. The molecule has 17 heavy (non-hydrogen) atoms. The van der Waals surface area contributed by atoms with Crippen LogP contribution in [0.4, 0.5) is 11.4 Å². The smallest absolute Gasteiger partial charge is 0.225 e. The summed E-state index contributed by atoms with van der Waals surface area (Å²) in [6.07, 6.45) is 0.533. The van der Waals surface area contributed by atoms with Crippen LogP contribution < -0.4 is 11.1 Å². The Kier molecular flexibility index (Phi) is 4.28. The summed E-state index contributed by atoms with van der Waals surface area (Å²) in [6, 6.07) is 7.16. The molecule has 0 spiro atoms. The van der Waals surface area contributed by atoms with Gasteiger partial charge >= 0.3 is 0 Å². The molecular formula is C12H16N2O2S. The monoisotopic (exact) mass is 252 g/mol. The number of amides is 1. The van der Waals surface area contributed by atoms with Gasteiger partial charge in [0.25, 0.3) is 0 Å². The van der Waals surface area contributed by atoms with Crippen LogP contribution >= 0.6 is 11.8 Å². The number of nitrogens with one attached hydrogen (secondary N) is 1. The van der Waals surface area contributed by atoms with Crippen LogP contribution in [0.2, 0.25) is 0 Å². The van der Waals surface area contributed by atoms with Crippen molar-refractivity contribution in [2.45, 2.75) is 11.7 Å². The van der Waals surface area contributed by atoms with Crippen LogP contribution in [0.25, 0.3) is 0 Å². The van der Waals surface area contributed by atoms with Crippen molar-refractivity contribution in [3.05, 3.63) is 24.3 Å². The molecule has 1 amide bonds. The molecule has 0 radical (unpaired) electrons. The maximum Gasteiger partial charge on any atom is 0.225 e. The van der Waals surface area contributed by atoms with E-state index in [1.165, 1.54) is 0 Å². The molecule has 1 fully saturated rings. The quantitative estimate of drug-likeness (QED) is 0.783. The molecule has 2 rings (SSSR count). The summed E-state index contributed by atoms with van der Waals surface area (Å²) in [5.41, 5.74) is 7.06. The van der Waals surface area contributed by atoms with Gasteiger partial charge in [0.2, 0.25) is 5.91 Å². The normalized spacial score (nSPS) is 15.3. The van der Waals surface area contributed by atoms with Gasteiger partial charge in [0, 0.05) is 23.5 Å². The van der Waals surface area contributed by atoms with E-state index in [2.05, 4.69) is 5.32 Å². The van der Waals surface area contributed by atoms with Crippen LogP contribution in [0.5, 0.6) is 0 Å². The molecule has 3 N–H and O–H groups in total. The van der Waals surface area contributed by atoms with Gasteiger partial charge in [-0.1, -0.05) is 0 Å². The maximum absolute atomic E-state index is 11.6. The van der Waals surface area contributed by atoms with E-state index in [1.54, 1.807) is 36.0 Å². The van der Waals surface area contributed by atoms with E-state index in [-0.39, 0.29) is 5.91 Å². The van der Waals surface area contributed by atoms with Crippen LogP contribution in [-0.2, 0) is 9.53 Å². The number of thioether (sulfide) groups is 1. The lowest BCUT2D eigenvalue weighted by Crippen LogP contribution is -2.30. The number of rotatable bonds is 5. The van der Waals surface area contributed by atoms with Crippen molar-refractivity contribution in [3.8, 4) is 0 Å². The van der Waals surface area contributed by atoms with Crippen molar-refractivity contribution in [1.82, 2.24) is 0 Å².